The zero-order valence-corrected chi connectivity index (χ0v) is 14.0. The molecule has 0 bridgehead atoms. The number of oxazole rings is 1. The van der Waals surface area contributed by atoms with Crippen molar-refractivity contribution in [1.29, 1.82) is 0 Å². The summed E-state index contributed by atoms with van der Waals surface area (Å²) in [5.74, 6) is 0. The Hall–Kier alpha value is -2.28. The van der Waals surface area contributed by atoms with E-state index in [0.29, 0.717) is 23.7 Å². The number of rotatable bonds is 6. The molecule has 0 aliphatic rings. The van der Waals surface area contributed by atoms with Gasteiger partial charge in [-0.2, -0.15) is 4.98 Å². The third kappa shape index (κ3) is 4.13. The lowest BCUT2D eigenvalue weighted by Crippen LogP contribution is -2.50. The van der Waals surface area contributed by atoms with E-state index in [1.165, 1.54) is 0 Å². The monoisotopic (exact) mass is 320 g/mol. The molecule has 7 heteroatoms. The first-order chi connectivity index (χ1) is 10.9. The van der Waals surface area contributed by atoms with E-state index in [1.54, 1.807) is 23.1 Å². The molecule has 2 rings (SSSR count). The van der Waals surface area contributed by atoms with E-state index >= 15 is 0 Å². The third-order valence-corrected chi connectivity index (χ3v) is 3.58. The lowest BCUT2D eigenvalue weighted by Gasteiger charge is -2.28. The predicted octanol–water partition coefficient (Wildman–Crippen LogP) is 2.57. The number of amides is 2. The molecule has 0 radical (unpaired) electrons. The Morgan fingerprint density at radius 3 is 2.78 bits per heavy atom. The van der Waals surface area contributed by atoms with Crippen LogP contribution >= 0.6 is 0 Å². The summed E-state index contributed by atoms with van der Waals surface area (Å²) in [6, 6.07) is 5.43. The molecule has 126 valence electrons. The second kappa shape index (κ2) is 6.87. The van der Waals surface area contributed by atoms with Crippen molar-refractivity contribution in [3.63, 3.8) is 0 Å². The highest BCUT2D eigenvalue weighted by Gasteiger charge is 2.24. The average Bonchev–Trinajstić information content (AvgIpc) is 2.90. The molecular formula is C16H24N4O3. The minimum atomic E-state index is -0.632. The van der Waals surface area contributed by atoms with E-state index in [4.69, 9.17) is 4.42 Å². The lowest BCUT2D eigenvalue weighted by molar-refractivity contribution is 0.167. The van der Waals surface area contributed by atoms with Crippen molar-refractivity contribution in [1.82, 2.24) is 10.3 Å². The van der Waals surface area contributed by atoms with Gasteiger partial charge >= 0.3 is 6.03 Å². The van der Waals surface area contributed by atoms with Gasteiger partial charge in [0.15, 0.2) is 5.58 Å². The van der Waals surface area contributed by atoms with Gasteiger partial charge in [0.25, 0.3) is 6.01 Å². The molecule has 1 atom stereocenters. The van der Waals surface area contributed by atoms with Crippen LogP contribution in [0, 0.1) is 0 Å². The molecule has 0 saturated heterocycles. The first kappa shape index (κ1) is 17.1. The number of benzene rings is 1. The molecule has 0 saturated carbocycles. The highest BCUT2D eigenvalue weighted by Crippen LogP contribution is 2.23. The smallest absolute Gasteiger partial charge is 0.319 e. The van der Waals surface area contributed by atoms with Crippen molar-refractivity contribution >= 4 is 28.8 Å². The number of nitrogens with one attached hydrogen (secondary N) is 2. The molecule has 1 aromatic heterocycles. The summed E-state index contributed by atoms with van der Waals surface area (Å²) in [4.78, 5) is 18.2. The predicted molar refractivity (Wildman–Crippen MR) is 90.9 cm³/mol. The maximum atomic E-state index is 12.1. The van der Waals surface area contributed by atoms with Crippen molar-refractivity contribution in [2.24, 2.45) is 0 Å². The SMILES string of the molecule is CCCC(C)(CO)NC(=O)Nc1ccc2nc(N(C)C)oc2c1. The largest absolute Gasteiger partial charge is 0.423 e. The first-order valence-corrected chi connectivity index (χ1v) is 7.65. The number of aromatic nitrogens is 1. The van der Waals surface area contributed by atoms with Crippen LogP contribution in [0.25, 0.3) is 11.1 Å². The molecule has 1 heterocycles. The van der Waals surface area contributed by atoms with Gasteiger partial charge in [0.05, 0.1) is 12.1 Å². The fourth-order valence-electron chi connectivity index (χ4n) is 2.35. The normalized spacial score (nSPS) is 13.6. The maximum Gasteiger partial charge on any atom is 0.319 e. The Bertz CT molecular complexity index is 683. The molecule has 0 spiro atoms. The Kier molecular flexibility index (Phi) is 5.10. The van der Waals surface area contributed by atoms with Gasteiger partial charge in [-0.05, 0) is 25.5 Å². The third-order valence-electron chi connectivity index (χ3n) is 3.58. The molecule has 0 aliphatic heterocycles. The van der Waals surface area contributed by atoms with E-state index in [0.717, 1.165) is 11.9 Å². The topological polar surface area (TPSA) is 90.6 Å². The summed E-state index contributed by atoms with van der Waals surface area (Å²) in [5, 5.41) is 15.0. The Morgan fingerprint density at radius 1 is 1.43 bits per heavy atom. The van der Waals surface area contributed by atoms with Crippen molar-refractivity contribution in [2.75, 3.05) is 30.9 Å². The summed E-state index contributed by atoms with van der Waals surface area (Å²) in [7, 11) is 3.70. The van der Waals surface area contributed by atoms with Crippen molar-refractivity contribution in [3.05, 3.63) is 18.2 Å². The van der Waals surface area contributed by atoms with Crippen molar-refractivity contribution in [2.45, 2.75) is 32.2 Å². The van der Waals surface area contributed by atoms with Gasteiger partial charge in [-0.25, -0.2) is 4.79 Å². The molecule has 7 nitrogen and oxygen atoms in total. The summed E-state index contributed by atoms with van der Waals surface area (Å²) >= 11 is 0. The number of fused-ring (bicyclic) bond motifs is 1. The van der Waals surface area contributed by atoms with E-state index in [2.05, 4.69) is 15.6 Å². The van der Waals surface area contributed by atoms with Crippen LogP contribution in [0.5, 0.6) is 0 Å². The second-order valence-corrected chi connectivity index (χ2v) is 6.12. The molecule has 1 unspecified atom stereocenters. The van der Waals surface area contributed by atoms with E-state index < -0.39 is 5.54 Å². The zero-order valence-electron chi connectivity index (χ0n) is 14.0. The van der Waals surface area contributed by atoms with Gasteiger partial charge in [-0.1, -0.05) is 13.3 Å². The molecule has 0 fully saturated rings. The number of carbonyl (C=O) groups is 1. The number of anilines is 2. The number of hydrogen-bond acceptors (Lipinski definition) is 5. The van der Waals surface area contributed by atoms with Crippen LogP contribution in [0.15, 0.2) is 22.6 Å². The number of urea groups is 1. The van der Waals surface area contributed by atoms with Crippen LogP contribution in [-0.2, 0) is 0 Å². The van der Waals surface area contributed by atoms with E-state index in [-0.39, 0.29) is 12.6 Å². The molecule has 3 N–H and O–H groups in total. The number of carbonyl (C=O) groups excluding carboxylic acids is 1. The molecule has 2 aromatic rings. The van der Waals surface area contributed by atoms with Crippen molar-refractivity contribution in [3.8, 4) is 0 Å². The zero-order chi connectivity index (χ0) is 17.0. The highest BCUT2D eigenvalue weighted by atomic mass is 16.4. The van der Waals surface area contributed by atoms with Crippen LogP contribution in [0.3, 0.4) is 0 Å². The number of nitrogens with zero attached hydrogens (tertiary/aromatic N) is 2. The standard InChI is InChI=1S/C16H24N4O3/c1-5-8-16(2,10-21)19-14(22)17-11-6-7-12-13(9-11)23-15(18-12)20(3)4/h6-7,9,21H,5,8,10H2,1-4H3,(H2,17,19,22). The molecule has 1 aromatic carbocycles. The van der Waals surface area contributed by atoms with Gasteiger partial charge in [0.2, 0.25) is 0 Å². The fraction of sp³-hybridized carbons (Fsp3) is 0.500. The highest BCUT2D eigenvalue weighted by molar-refractivity contribution is 5.92. The summed E-state index contributed by atoms with van der Waals surface area (Å²) in [6.07, 6.45) is 1.57. The van der Waals surface area contributed by atoms with Gasteiger partial charge in [-0.3, -0.25) is 0 Å². The molecule has 0 aliphatic carbocycles. The van der Waals surface area contributed by atoms with Gasteiger partial charge in [0.1, 0.15) is 5.52 Å². The lowest BCUT2D eigenvalue weighted by atomic mass is 9.98. The molecular weight excluding hydrogens is 296 g/mol. The molecule has 2 amide bonds. The van der Waals surface area contributed by atoms with Crippen LogP contribution in [0.1, 0.15) is 26.7 Å². The average molecular weight is 320 g/mol. The van der Waals surface area contributed by atoms with Crippen LogP contribution in [-0.4, -0.2) is 42.4 Å². The minimum absolute atomic E-state index is 0.110. The summed E-state index contributed by atoms with van der Waals surface area (Å²) in [6.45, 7) is 3.72. The van der Waals surface area contributed by atoms with E-state index in [1.807, 2.05) is 27.9 Å². The Labute approximate surface area is 135 Å². The number of hydrogen-bond donors (Lipinski definition) is 3. The van der Waals surface area contributed by atoms with Gasteiger partial charge < -0.3 is 25.1 Å². The van der Waals surface area contributed by atoms with Crippen LogP contribution < -0.4 is 15.5 Å². The number of aliphatic hydroxyl groups is 1. The summed E-state index contributed by atoms with van der Waals surface area (Å²) in [5.41, 5.74) is 1.30. The van der Waals surface area contributed by atoms with Crippen LogP contribution in [0.4, 0.5) is 16.5 Å². The van der Waals surface area contributed by atoms with Gasteiger partial charge in [0, 0.05) is 25.8 Å². The Morgan fingerprint density at radius 2 is 2.17 bits per heavy atom. The van der Waals surface area contributed by atoms with Crippen LogP contribution in [0.2, 0.25) is 0 Å². The van der Waals surface area contributed by atoms with Gasteiger partial charge in [-0.15, -0.1) is 0 Å². The van der Waals surface area contributed by atoms with E-state index in [9.17, 15) is 9.90 Å². The van der Waals surface area contributed by atoms with Crippen molar-refractivity contribution < 1.29 is 14.3 Å². The minimum Gasteiger partial charge on any atom is -0.423 e. The second-order valence-electron chi connectivity index (χ2n) is 6.12. The first-order valence-electron chi connectivity index (χ1n) is 7.65. The maximum absolute atomic E-state index is 12.1. The quantitative estimate of drug-likeness (QED) is 0.761. The fourth-order valence-corrected chi connectivity index (χ4v) is 2.35. The Balaban J connectivity index is 2.10. The summed E-state index contributed by atoms with van der Waals surface area (Å²) < 4.78 is 5.62. The number of aliphatic hydroxyl groups excluding tert-OH is 1. The molecule has 23 heavy (non-hydrogen) atoms.